The first kappa shape index (κ1) is 17.5. The molecule has 1 aromatic rings. The van der Waals surface area contributed by atoms with Gasteiger partial charge in [-0.15, -0.1) is 0 Å². The average molecular weight is 328 g/mol. The van der Waals surface area contributed by atoms with E-state index in [0.29, 0.717) is 38.2 Å². The molecular weight excluding hydrogens is 306 g/mol. The smallest absolute Gasteiger partial charge is 0.387 e. The van der Waals surface area contributed by atoms with Gasteiger partial charge in [-0.2, -0.15) is 8.78 Å². The molecule has 0 aromatic heterocycles. The van der Waals surface area contributed by atoms with E-state index in [4.69, 9.17) is 4.74 Å². The van der Waals surface area contributed by atoms with Crippen molar-refractivity contribution in [3.63, 3.8) is 0 Å². The van der Waals surface area contributed by atoms with Gasteiger partial charge >= 0.3 is 6.61 Å². The highest BCUT2D eigenvalue weighted by Gasteiger charge is 2.26. The standard InChI is InChI=1S/C16H22F2N2O3/c1-22-10-4-7-15(21)19-12-8-9-20(11-12)13-5-2-3-6-14(13)23-16(17)18/h2-3,5-6,12,16H,4,7-11H2,1H3,(H,19,21). The molecule has 1 aliphatic heterocycles. The van der Waals surface area contributed by atoms with Crippen LogP contribution in [0.3, 0.4) is 0 Å². The molecule has 1 aliphatic rings. The van der Waals surface area contributed by atoms with Gasteiger partial charge < -0.3 is 19.7 Å². The Hall–Kier alpha value is -1.89. The maximum Gasteiger partial charge on any atom is 0.387 e. The number of halogens is 2. The van der Waals surface area contributed by atoms with Crippen LogP contribution in [0.15, 0.2) is 24.3 Å². The first-order chi connectivity index (χ1) is 11.1. The number of methoxy groups -OCH3 is 1. The Labute approximate surface area is 134 Å². The zero-order valence-electron chi connectivity index (χ0n) is 13.1. The molecule has 0 bridgehead atoms. The van der Waals surface area contributed by atoms with Crippen LogP contribution < -0.4 is 15.0 Å². The molecule has 1 aromatic carbocycles. The largest absolute Gasteiger partial charge is 0.433 e. The average Bonchev–Trinajstić information content (AvgIpc) is 2.95. The molecule has 1 heterocycles. The van der Waals surface area contributed by atoms with Crippen LogP contribution in [0.25, 0.3) is 0 Å². The lowest BCUT2D eigenvalue weighted by molar-refractivity contribution is -0.121. The fraction of sp³-hybridized carbons (Fsp3) is 0.562. The van der Waals surface area contributed by atoms with Gasteiger partial charge in [0.1, 0.15) is 5.75 Å². The van der Waals surface area contributed by atoms with E-state index in [1.165, 1.54) is 6.07 Å². The predicted octanol–water partition coefficient (Wildman–Crippen LogP) is 2.41. The van der Waals surface area contributed by atoms with Crippen molar-refractivity contribution in [1.82, 2.24) is 5.32 Å². The minimum absolute atomic E-state index is 0.00832. The van der Waals surface area contributed by atoms with E-state index in [2.05, 4.69) is 10.1 Å². The molecule has 1 fully saturated rings. The summed E-state index contributed by atoms with van der Waals surface area (Å²) in [5.74, 6) is 0.153. The monoisotopic (exact) mass is 328 g/mol. The molecule has 1 amide bonds. The van der Waals surface area contributed by atoms with E-state index in [1.54, 1.807) is 25.3 Å². The molecule has 1 unspecified atom stereocenters. The van der Waals surface area contributed by atoms with E-state index in [-0.39, 0.29) is 17.7 Å². The van der Waals surface area contributed by atoms with Gasteiger partial charge in [0.15, 0.2) is 0 Å². The van der Waals surface area contributed by atoms with Crippen molar-refractivity contribution in [2.24, 2.45) is 0 Å². The minimum Gasteiger partial charge on any atom is -0.433 e. The Bertz CT molecular complexity index is 514. The number of carbonyl (C=O) groups is 1. The van der Waals surface area contributed by atoms with E-state index in [9.17, 15) is 13.6 Å². The van der Waals surface area contributed by atoms with E-state index in [1.807, 2.05) is 4.90 Å². The Morgan fingerprint density at radius 2 is 2.22 bits per heavy atom. The highest BCUT2D eigenvalue weighted by atomic mass is 19.3. The van der Waals surface area contributed by atoms with Gasteiger partial charge in [0.2, 0.25) is 5.91 Å². The minimum atomic E-state index is -2.85. The molecule has 7 heteroatoms. The van der Waals surface area contributed by atoms with Crippen molar-refractivity contribution in [3.05, 3.63) is 24.3 Å². The SMILES string of the molecule is COCCCC(=O)NC1CCN(c2ccccc2OC(F)F)C1. The van der Waals surface area contributed by atoms with Crippen molar-refractivity contribution in [2.45, 2.75) is 31.9 Å². The number of hydrogen-bond acceptors (Lipinski definition) is 4. The van der Waals surface area contributed by atoms with Crippen LogP contribution >= 0.6 is 0 Å². The summed E-state index contributed by atoms with van der Waals surface area (Å²) >= 11 is 0. The molecule has 0 radical (unpaired) electrons. The summed E-state index contributed by atoms with van der Waals surface area (Å²) < 4.78 is 34.4. The fourth-order valence-corrected chi connectivity index (χ4v) is 2.69. The number of alkyl halides is 2. The topological polar surface area (TPSA) is 50.8 Å². The lowest BCUT2D eigenvalue weighted by Gasteiger charge is -2.22. The number of carbonyl (C=O) groups excluding carboxylic acids is 1. The second kappa shape index (κ2) is 8.67. The summed E-state index contributed by atoms with van der Waals surface area (Å²) in [6.07, 6.45) is 1.89. The molecule has 0 spiro atoms. The van der Waals surface area contributed by atoms with Crippen molar-refractivity contribution >= 4 is 11.6 Å². The summed E-state index contributed by atoms with van der Waals surface area (Å²) in [5, 5.41) is 2.97. The first-order valence-corrected chi connectivity index (χ1v) is 7.67. The molecular formula is C16H22F2N2O3. The number of rotatable bonds is 8. The first-order valence-electron chi connectivity index (χ1n) is 7.67. The Kier molecular flexibility index (Phi) is 6.58. The molecule has 1 saturated heterocycles. The van der Waals surface area contributed by atoms with Crippen LogP contribution in [-0.4, -0.2) is 45.4 Å². The summed E-state index contributed by atoms with van der Waals surface area (Å²) in [7, 11) is 1.60. The van der Waals surface area contributed by atoms with Gasteiger partial charge in [0.25, 0.3) is 0 Å². The third-order valence-electron chi connectivity index (χ3n) is 3.73. The maximum absolute atomic E-state index is 12.5. The van der Waals surface area contributed by atoms with Crippen molar-refractivity contribution in [3.8, 4) is 5.75 Å². The second-order valence-corrected chi connectivity index (χ2v) is 5.44. The summed E-state index contributed by atoms with van der Waals surface area (Å²) in [6, 6.07) is 6.74. The van der Waals surface area contributed by atoms with Gasteiger partial charge in [0.05, 0.1) is 5.69 Å². The molecule has 0 saturated carbocycles. The van der Waals surface area contributed by atoms with Crippen molar-refractivity contribution < 1.29 is 23.0 Å². The number of ether oxygens (including phenoxy) is 2. The van der Waals surface area contributed by atoms with Crippen LogP contribution in [0, 0.1) is 0 Å². The lowest BCUT2D eigenvalue weighted by Crippen LogP contribution is -2.37. The zero-order valence-corrected chi connectivity index (χ0v) is 13.1. The third kappa shape index (κ3) is 5.35. The van der Waals surface area contributed by atoms with Gasteiger partial charge in [-0.3, -0.25) is 4.79 Å². The normalized spacial score (nSPS) is 17.6. The van der Waals surface area contributed by atoms with Gasteiger partial charge in [-0.05, 0) is 25.0 Å². The molecule has 0 aliphatic carbocycles. The molecule has 1 N–H and O–H groups in total. The number of hydrogen-bond donors (Lipinski definition) is 1. The van der Waals surface area contributed by atoms with Crippen molar-refractivity contribution in [2.75, 3.05) is 31.7 Å². The van der Waals surface area contributed by atoms with Crippen LogP contribution in [0.1, 0.15) is 19.3 Å². The number of nitrogens with zero attached hydrogens (tertiary/aromatic N) is 1. The lowest BCUT2D eigenvalue weighted by atomic mass is 10.2. The van der Waals surface area contributed by atoms with Crippen LogP contribution in [0.4, 0.5) is 14.5 Å². The van der Waals surface area contributed by atoms with Gasteiger partial charge in [-0.25, -0.2) is 0 Å². The fourth-order valence-electron chi connectivity index (χ4n) is 2.69. The number of benzene rings is 1. The Morgan fingerprint density at radius 3 is 2.96 bits per heavy atom. The number of amides is 1. The van der Waals surface area contributed by atoms with Crippen LogP contribution in [0.2, 0.25) is 0 Å². The quantitative estimate of drug-likeness (QED) is 0.745. The molecule has 23 heavy (non-hydrogen) atoms. The third-order valence-corrected chi connectivity index (χ3v) is 3.73. The maximum atomic E-state index is 12.5. The highest BCUT2D eigenvalue weighted by molar-refractivity contribution is 5.76. The van der Waals surface area contributed by atoms with Crippen molar-refractivity contribution in [1.29, 1.82) is 0 Å². The van der Waals surface area contributed by atoms with E-state index >= 15 is 0 Å². The molecule has 5 nitrogen and oxygen atoms in total. The number of anilines is 1. The van der Waals surface area contributed by atoms with E-state index < -0.39 is 6.61 Å². The summed E-state index contributed by atoms with van der Waals surface area (Å²) in [5.41, 5.74) is 0.629. The number of para-hydroxylation sites is 2. The predicted molar refractivity (Wildman–Crippen MR) is 82.9 cm³/mol. The van der Waals surface area contributed by atoms with E-state index in [0.717, 1.165) is 6.42 Å². The second-order valence-electron chi connectivity index (χ2n) is 5.44. The van der Waals surface area contributed by atoms with Gasteiger partial charge in [0, 0.05) is 39.3 Å². The van der Waals surface area contributed by atoms with Crippen LogP contribution in [0.5, 0.6) is 5.75 Å². The number of nitrogens with one attached hydrogen (secondary N) is 1. The zero-order chi connectivity index (χ0) is 16.7. The Morgan fingerprint density at radius 1 is 1.43 bits per heavy atom. The molecule has 2 rings (SSSR count). The summed E-state index contributed by atoms with van der Waals surface area (Å²) in [4.78, 5) is 13.8. The summed E-state index contributed by atoms with van der Waals surface area (Å²) in [6.45, 7) is -1.02. The molecule has 1 atom stereocenters. The molecule has 128 valence electrons. The Balaban J connectivity index is 1.89. The van der Waals surface area contributed by atoms with Gasteiger partial charge in [-0.1, -0.05) is 12.1 Å². The van der Waals surface area contributed by atoms with Crippen LogP contribution in [-0.2, 0) is 9.53 Å². The highest BCUT2D eigenvalue weighted by Crippen LogP contribution is 2.31.